The molecular formula is C20H23N3O5. The van der Waals surface area contributed by atoms with Crippen molar-refractivity contribution in [3.8, 4) is 11.8 Å². The summed E-state index contributed by atoms with van der Waals surface area (Å²) in [5.41, 5.74) is 0.579. The van der Waals surface area contributed by atoms with E-state index in [1.54, 1.807) is 30.5 Å². The van der Waals surface area contributed by atoms with Gasteiger partial charge in [-0.05, 0) is 37.8 Å². The zero-order chi connectivity index (χ0) is 19.9. The van der Waals surface area contributed by atoms with Crippen molar-refractivity contribution in [1.82, 2.24) is 15.3 Å². The molecule has 1 aromatic heterocycles. The fourth-order valence-corrected chi connectivity index (χ4v) is 3.21. The maximum absolute atomic E-state index is 12.6. The summed E-state index contributed by atoms with van der Waals surface area (Å²) in [5, 5.41) is 3.01. The van der Waals surface area contributed by atoms with Gasteiger partial charge < -0.3 is 19.5 Å². The molecule has 1 aromatic carbocycles. The summed E-state index contributed by atoms with van der Waals surface area (Å²) >= 11 is 0. The minimum atomic E-state index is -0.526. The number of ether oxygens (including phenoxy) is 3. The lowest BCUT2D eigenvalue weighted by Gasteiger charge is -2.29. The largest absolute Gasteiger partial charge is 0.480 e. The van der Waals surface area contributed by atoms with Gasteiger partial charge in [0, 0.05) is 6.04 Å². The van der Waals surface area contributed by atoms with Crippen molar-refractivity contribution in [2.24, 2.45) is 0 Å². The van der Waals surface area contributed by atoms with Crippen LogP contribution in [0.15, 0.2) is 36.7 Å². The lowest BCUT2D eigenvalue weighted by atomic mass is 9.92. The molecule has 28 heavy (non-hydrogen) atoms. The summed E-state index contributed by atoms with van der Waals surface area (Å²) < 4.78 is 15.7. The highest BCUT2D eigenvalue weighted by Crippen LogP contribution is 2.24. The minimum absolute atomic E-state index is 0.0110. The number of carbonyl (C=O) groups is 2. The van der Waals surface area contributed by atoms with Gasteiger partial charge in [-0.2, -0.15) is 4.98 Å². The number of hydrogen-bond acceptors (Lipinski definition) is 7. The van der Waals surface area contributed by atoms with Gasteiger partial charge in [-0.3, -0.25) is 9.78 Å². The van der Waals surface area contributed by atoms with Crippen LogP contribution in [-0.4, -0.2) is 48.2 Å². The van der Waals surface area contributed by atoms with Crippen LogP contribution >= 0.6 is 0 Å². The van der Waals surface area contributed by atoms with Gasteiger partial charge >= 0.3 is 5.97 Å². The van der Waals surface area contributed by atoms with Gasteiger partial charge in [-0.15, -0.1) is 0 Å². The molecule has 0 atom stereocenters. The van der Waals surface area contributed by atoms with E-state index in [0.29, 0.717) is 17.3 Å². The van der Waals surface area contributed by atoms with E-state index in [2.05, 4.69) is 15.3 Å². The number of esters is 1. The molecule has 1 heterocycles. The summed E-state index contributed by atoms with van der Waals surface area (Å²) in [5.74, 6) is 0.0350. The van der Waals surface area contributed by atoms with Crippen LogP contribution in [0.2, 0.25) is 0 Å². The Kier molecular flexibility index (Phi) is 6.41. The maximum atomic E-state index is 12.6. The molecule has 0 saturated heterocycles. The third-order valence-corrected chi connectivity index (χ3v) is 4.67. The van der Waals surface area contributed by atoms with Crippen LogP contribution in [0.1, 0.15) is 46.4 Å². The van der Waals surface area contributed by atoms with Gasteiger partial charge in [0.2, 0.25) is 11.8 Å². The van der Waals surface area contributed by atoms with E-state index in [1.165, 1.54) is 20.4 Å². The molecule has 0 unspecified atom stereocenters. The van der Waals surface area contributed by atoms with E-state index in [0.717, 1.165) is 25.7 Å². The number of nitrogens with one attached hydrogen (secondary N) is 1. The van der Waals surface area contributed by atoms with Gasteiger partial charge in [0.15, 0.2) is 0 Å². The second kappa shape index (κ2) is 9.16. The van der Waals surface area contributed by atoms with Gasteiger partial charge in [0.1, 0.15) is 6.10 Å². The molecule has 3 rings (SSSR count). The maximum Gasteiger partial charge on any atom is 0.338 e. The van der Waals surface area contributed by atoms with Crippen molar-refractivity contribution in [2.75, 3.05) is 14.2 Å². The summed E-state index contributed by atoms with van der Waals surface area (Å²) in [7, 11) is 2.82. The van der Waals surface area contributed by atoms with Gasteiger partial charge in [0.25, 0.3) is 5.91 Å². The second-order valence-electron chi connectivity index (χ2n) is 6.50. The van der Waals surface area contributed by atoms with Crippen LogP contribution in [0.5, 0.6) is 11.8 Å². The zero-order valence-corrected chi connectivity index (χ0v) is 15.9. The summed E-state index contributed by atoms with van der Waals surface area (Å²) in [6.07, 6.45) is 6.19. The molecule has 148 valence electrons. The molecule has 1 aliphatic rings. The van der Waals surface area contributed by atoms with E-state index in [1.807, 2.05) is 0 Å². The number of methoxy groups -OCH3 is 2. The Labute approximate surface area is 163 Å². The zero-order valence-electron chi connectivity index (χ0n) is 15.9. The predicted molar refractivity (Wildman–Crippen MR) is 101 cm³/mol. The average molecular weight is 385 g/mol. The average Bonchev–Trinajstić information content (AvgIpc) is 2.74. The summed E-state index contributed by atoms with van der Waals surface area (Å²) in [6, 6.07) is 6.65. The summed E-state index contributed by atoms with van der Waals surface area (Å²) in [4.78, 5) is 32.7. The first-order valence-electron chi connectivity index (χ1n) is 9.11. The molecule has 2 aromatic rings. The third-order valence-electron chi connectivity index (χ3n) is 4.67. The predicted octanol–water partition coefficient (Wildman–Crippen LogP) is 2.39. The highest BCUT2D eigenvalue weighted by molar-refractivity contribution is 6.05. The molecule has 8 nitrogen and oxygen atoms in total. The van der Waals surface area contributed by atoms with Gasteiger partial charge in [-0.1, -0.05) is 12.1 Å². The summed E-state index contributed by atoms with van der Waals surface area (Å²) in [6.45, 7) is 0. The Hall–Kier alpha value is -3.16. The van der Waals surface area contributed by atoms with Crippen LogP contribution in [0.4, 0.5) is 0 Å². The number of carbonyl (C=O) groups excluding carboxylic acids is 2. The van der Waals surface area contributed by atoms with Crippen molar-refractivity contribution in [1.29, 1.82) is 0 Å². The number of amides is 1. The monoisotopic (exact) mass is 385 g/mol. The van der Waals surface area contributed by atoms with Crippen LogP contribution < -0.4 is 14.8 Å². The number of benzene rings is 1. The smallest absolute Gasteiger partial charge is 0.338 e. The van der Waals surface area contributed by atoms with Crippen molar-refractivity contribution in [3.05, 3.63) is 47.8 Å². The number of nitrogens with zero attached hydrogens (tertiary/aromatic N) is 2. The van der Waals surface area contributed by atoms with E-state index in [4.69, 9.17) is 14.2 Å². The molecular weight excluding hydrogens is 362 g/mol. The Bertz CT molecular complexity index is 834. The molecule has 1 N–H and O–H groups in total. The minimum Gasteiger partial charge on any atom is -0.480 e. The van der Waals surface area contributed by atoms with E-state index >= 15 is 0 Å². The standard InChI is InChI=1S/C20H23N3O5/c1-26-17-11-21-12-18(23-17)28-14-9-7-13(8-10-14)22-19(24)15-5-3-4-6-16(15)20(25)27-2/h3-6,11-14H,7-10H2,1-2H3,(H,22,24). The first-order valence-corrected chi connectivity index (χ1v) is 9.11. The third kappa shape index (κ3) is 4.76. The molecule has 1 saturated carbocycles. The topological polar surface area (TPSA) is 99.6 Å². The van der Waals surface area contributed by atoms with Gasteiger partial charge in [-0.25, -0.2) is 4.79 Å². The lowest BCUT2D eigenvalue weighted by Crippen LogP contribution is -2.40. The SMILES string of the molecule is COC(=O)c1ccccc1C(=O)NC1CCC(Oc2cncc(OC)n2)CC1. The molecule has 8 heteroatoms. The number of rotatable bonds is 6. The number of hydrogen-bond donors (Lipinski definition) is 1. The molecule has 0 spiro atoms. The molecule has 1 fully saturated rings. The molecule has 0 bridgehead atoms. The van der Waals surface area contributed by atoms with E-state index in [-0.39, 0.29) is 23.6 Å². The Morgan fingerprint density at radius 1 is 1.00 bits per heavy atom. The molecule has 1 amide bonds. The van der Waals surface area contributed by atoms with Crippen molar-refractivity contribution >= 4 is 11.9 Å². The van der Waals surface area contributed by atoms with E-state index < -0.39 is 5.97 Å². The van der Waals surface area contributed by atoms with Crippen LogP contribution in [0, 0.1) is 0 Å². The molecule has 0 aliphatic heterocycles. The highest BCUT2D eigenvalue weighted by Gasteiger charge is 2.26. The normalized spacial score (nSPS) is 18.8. The first-order chi connectivity index (χ1) is 13.6. The van der Waals surface area contributed by atoms with Crippen LogP contribution in [0.3, 0.4) is 0 Å². The van der Waals surface area contributed by atoms with Crippen molar-refractivity contribution in [2.45, 2.75) is 37.8 Å². The van der Waals surface area contributed by atoms with Crippen LogP contribution in [0.25, 0.3) is 0 Å². The quantitative estimate of drug-likeness (QED) is 0.762. The van der Waals surface area contributed by atoms with Crippen molar-refractivity contribution < 1.29 is 23.8 Å². The van der Waals surface area contributed by atoms with E-state index in [9.17, 15) is 9.59 Å². The lowest BCUT2D eigenvalue weighted by molar-refractivity contribution is 0.0595. The Balaban J connectivity index is 1.54. The first kappa shape index (κ1) is 19.6. The Morgan fingerprint density at radius 2 is 1.68 bits per heavy atom. The number of aromatic nitrogens is 2. The fourth-order valence-electron chi connectivity index (χ4n) is 3.21. The van der Waals surface area contributed by atoms with Gasteiger partial charge in [0.05, 0.1) is 37.7 Å². The molecule has 0 radical (unpaired) electrons. The highest BCUT2D eigenvalue weighted by atomic mass is 16.5. The van der Waals surface area contributed by atoms with Crippen LogP contribution in [-0.2, 0) is 4.74 Å². The van der Waals surface area contributed by atoms with Crippen molar-refractivity contribution in [3.63, 3.8) is 0 Å². The second-order valence-corrected chi connectivity index (χ2v) is 6.50. The molecule has 1 aliphatic carbocycles. The Morgan fingerprint density at radius 3 is 2.36 bits per heavy atom. The fraction of sp³-hybridized carbons (Fsp3) is 0.400.